The molecule has 1 aliphatic rings. The van der Waals surface area contributed by atoms with E-state index in [1.807, 2.05) is 12.1 Å². The van der Waals surface area contributed by atoms with Gasteiger partial charge in [0.2, 0.25) is 5.91 Å². The zero-order valence-electron chi connectivity index (χ0n) is 12.0. The second-order valence-corrected chi connectivity index (χ2v) is 5.53. The fourth-order valence-corrected chi connectivity index (χ4v) is 3.06. The van der Waals surface area contributed by atoms with Crippen molar-refractivity contribution in [3.8, 4) is 0 Å². The molecule has 2 N–H and O–H groups in total. The number of ether oxygens (including phenoxy) is 1. The first kappa shape index (κ1) is 15.3. The molecule has 0 saturated heterocycles. The number of rotatable bonds is 6. The lowest BCUT2D eigenvalue weighted by Gasteiger charge is -2.25. The Morgan fingerprint density at radius 2 is 2.25 bits per heavy atom. The van der Waals surface area contributed by atoms with E-state index in [4.69, 9.17) is 4.74 Å². The number of amides is 1. The number of benzene rings is 1. The largest absolute Gasteiger partial charge is 0.383 e. The summed E-state index contributed by atoms with van der Waals surface area (Å²) in [7, 11) is 3.49. The van der Waals surface area contributed by atoms with E-state index < -0.39 is 0 Å². The molecule has 1 atom stereocenters. The number of methoxy groups -OCH3 is 1. The van der Waals surface area contributed by atoms with Crippen LogP contribution in [0, 0.1) is 0 Å². The third-order valence-electron chi connectivity index (χ3n) is 3.53. The average Bonchev–Trinajstić information content (AvgIpc) is 2.74. The monoisotopic (exact) mass is 341 g/mol. The molecule has 1 aromatic rings. The van der Waals surface area contributed by atoms with Crippen molar-refractivity contribution >= 4 is 33.2 Å². The van der Waals surface area contributed by atoms with Gasteiger partial charge in [-0.2, -0.15) is 0 Å². The second kappa shape index (κ2) is 6.56. The maximum Gasteiger partial charge on any atom is 0.246 e. The van der Waals surface area contributed by atoms with Crippen LogP contribution in [0.1, 0.15) is 18.5 Å². The number of likely N-dealkylation sites (N-methyl/N-ethyl adjacent to an activating group) is 2. The number of halogens is 1. The second-order valence-electron chi connectivity index (χ2n) is 4.67. The molecule has 1 heterocycles. The molecule has 0 aliphatic carbocycles. The van der Waals surface area contributed by atoms with Gasteiger partial charge in [-0.3, -0.25) is 4.79 Å². The molecule has 0 aromatic heterocycles. The number of carbonyl (C=O) groups is 1. The van der Waals surface area contributed by atoms with Crippen LogP contribution in [-0.4, -0.2) is 39.8 Å². The van der Waals surface area contributed by atoms with Crippen molar-refractivity contribution in [1.82, 2.24) is 5.32 Å². The topological polar surface area (TPSA) is 53.6 Å². The van der Waals surface area contributed by atoms with Crippen LogP contribution in [0.3, 0.4) is 0 Å². The van der Waals surface area contributed by atoms with Crippen molar-refractivity contribution in [2.45, 2.75) is 13.0 Å². The summed E-state index contributed by atoms with van der Waals surface area (Å²) in [5.41, 5.74) is 2.93. The highest BCUT2D eigenvalue weighted by Gasteiger charge is 2.30. The predicted molar refractivity (Wildman–Crippen MR) is 84.3 cm³/mol. The lowest BCUT2D eigenvalue weighted by Crippen LogP contribution is -2.27. The van der Waals surface area contributed by atoms with Crippen LogP contribution in [0.4, 0.5) is 11.4 Å². The molecule has 1 unspecified atom stereocenters. The molecule has 1 aliphatic heterocycles. The van der Waals surface area contributed by atoms with Gasteiger partial charge >= 0.3 is 0 Å². The Bertz CT molecular complexity index is 507. The van der Waals surface area contributed by atoms with Crippen LogP contribution < -0.4 is 15.5 Å². The van der Waals surface area contributed by atoms with Crippen molar-refractivity contribution in [3.05, 3.63) is 22.2 Å². The highest BCUT2D eigenvalue weighted by Crippen LogP contribution is 2.38. The molecular weight excluding hydrogens is 322 g/mol. The van der Waals surface area contributed by atoms with E-state index in [0.717, 1.165) is 34.5 Å². The van der Waals surface area contributed by atoms with Crippen LogP contribution in [-0.2, 0) is 9.53 Å². The minimum Gasteiger partial charge on any atom is -0.383 e. The van der Waals surface area contributed by atoms with Gasteiger partial charge in [0.15, 0.2) is 0 Å². The molecule has 0 bridgehead atoms. The number of fused-ring (bicyclic) bond motifs is 1. The quantitative estimate of drug-likeness (QED) is 0.832. The predicted octanol–water partition coefficient (Wildman–Crippen LogP) is 2.13. The Hall–Kier alpha value is -1.11. The summed E-state index contributed by atoms with van der Waals surface area (Å²) in [4.78, 5) is 14.1. The number of carbonyl (C=O) groups excluding carboxylic acids is 1. The summed E-state index contributed by atoms with van der Waals surface area (Å²) in [6.45, 7) is 4.46. The van der Waals surface area contributed by atoms with E-state index in [1.165, 1.54) is 0 Å². The maximum atomic E-state index is 11.9. The van der Waals surface area contributed by atoms with Gasteiger partial charge in [-0.25, -0.2) is 0 Å². The molecular formula is C14H20BrN3O2. The Balaban J connectivity index is 2.33. The van der Waals surface area contributed by atoms with Crippen LogP contribution in [0.2, 0.25) is 0 Å². The minimum atomic E-state index is -0.274. The van der Waals surface area contributed by atoms with E-state index in [2.05, 4.69) is 38.4 Å². The molecule has 2 rings (SSSR count). The van der Waals surface area contributed by atoms with E-state index >= 15 is 0 Å². The normalized spacial score (nSPS) is 17.0. The third kappa shape index (κ3) is 2.82. The lowest BCUT2D eigenvalue weighted by atomic mass is 10.1. The van der Waals surface area contributed by atoms with Gasteiger partial charge in [-0.1, -0.05) is 0 Å². The van der Waals surface area contributed by atoms with Gasteiger partial charge in [0.1, 0.15) is 6.04 Å². The molecule has 0 spiro atoms. The number of hydrogen-bond donors (Lipinski definition) is 2. The van der Waals surface area contributed by atoms with Crippen LogP contribution in [0.15, 0.2) is 16.6 Å². The molecule has 1 amide bonds. The molecule has 0 saturated carbocycles. The molecule has 110 valence electrons. The van der Waals surface area contributed by atoms with Crippen LogP contribution in [0.25, 0.3) is 0 Å². The van der Waals surface area contributed by atoms with E-state index in [-0.39, 0.29) is 11.9 Å². The van der Waals surface area contributed by atoms with Crippen molar-refractivity contribution in [3.63, 3.8) is 0 Å². The molecule has 0 radical (unpaired) electrons. The van der Waals surface area contributed by atoms with Crippen molar-refractivity contribution in [1.29, 1.82) is 0 Å². The van der Waals surface area contributed by atoms with Crippen molar-refractivity contribution in [2.24, 2.45) is 0 Å². The number of nitrogens with zero attached hydrogens (tertiary/aromatic N) is 1. The summed E-state index contributed by atoms with van der Waals surface area (Å²) in [5, 5.41) is 5.95. The smallest absolute Gasteiger partial charge is 0.246 e. The van der Waals surface area contributed by atoms with Crippen LogP contribution >= 0.6 is 15.9 Å². The van der Waals surface area contributed by atoms with Gasteiger partial charge in [0.05, 0.1) is 12.3 Å². The summed E-state index contributed by atoms with van der Waals surface area (Å²) in [6.07, 6.45) is 0. The Kier molecular flexibility index (Phi) is 5.01. The van der Waals surface area contributed by atoms with Crippen molar-refractivity contribution in [2.75, 3.05) is 44.1 Å². The maximum absolute atomic E-state index is 11.9. The molecule has 0 fully saturated rings. The molecule has 6 heteroatoms. The summed E-state index contributed by atoms with van der Waals surface area (Å²) >= 11 is 3.61. The fourth-order valence-electron chi connectivity index (χ4n) is 2.45. The Morgan fingerprint density at radius 3 is 2.85 bits per heavy atom. The van der Waals surface area contributed by atoms with Gasteiger partial charge in [-0.15, -0.1) is 0 Å². The number of nitrogens with one attached hydrogen (secondary N) is 2. The third-order valence-corrected chi connectivity index (χ3v) is 4.16. The highest BCUT2D eigenvalue weighted by atomic mass is 79.9. The zero-order chi connectivity index (χ0) is 14.7. The first-order chi connectivity index (χ1) is 9.62. The highest BCUT2D eigenvalue weighted by molar-refractivity contribution is 9.10. The summed E-state index contributed by atoms with van der Waals surface area (Å²) in [6, 6.07) is 3.76. The number of anilines is 2. The minimum absolute atomic E-state index is 0.00788. The van der Waals surface area contributed by atoms with Crippen molar-refractivity contribution < 1.29 is 9.53 Å². The van der Waals surface area contributed by atoms with E-state index in [0.29, 0.717) is 6.61 Å². The van der Waals surface area contributed by atoms with Gasteiger partial charge in [-0.05, 0) is 42.0 Å². The van der Waals surface area contributed by atoms with Gasteiger partial charge < -0.3 is 20.3 Å². The first-order valence-electron chi connectivity index (χ1n) is 6.67. The van der Waals surface area contributed by atoms with E-state index in [1.54, 1.807) is 14.2 Å². The number of hydrogen-bond acceptors (Lipinski definition) is 4. The lowest BCUT2D eigenvalue weighted by molar-refractivity contribution is -0.117. The first-order valence-corrected chi connectivity index (χ1v) is 7.47. The molecule has 20 heavy (non-hydrogen) atoms. The Labute approximate surface area is 127 Å². The van der Waals surface area contributed by atoms with Gasteiger partial charge in [0, 0.05) is 35.9 Å². The zero-order valence-corrected chi connectivity index (χ0v) is 13.6. The Morgan fingerprint density at radius 1 is 1.50 bits per heavy atom. The van der Waals surface area contributed by atoms with Crippen LogP contribution in [0.5, 0.6) is 0 Å². The standard InChI is InChI=1S/C14H20BrN3O2/c1-4-18(5-6-20-3)12-8-11-9(7-10(12)15)13(16-2)14(19)17-11/h7-8,13,16H,4-6H2,1-3H3,(H,17,19). The molecule has 1 aromatic carbocycles. The van der Waals surface area contributed by atoms with Gasteiger partial charge in [0.25, 0.3) is 0 Å². The average molecular weight is 342 g/mol. The summed E-state index contributed by atoms with van der Waals surface area (Å²) < 4.78 is 6.13. The van der Waals surface area contributed by atoms with E-state index in [9.17, 15) is 4.79 Å². The SMILES string of the molecule is CCN(CCOC)c1cc2c(cc1Br)C(NC)C(=O)N2. The molecule has 5 nitrogen and oxygen atoms in total. The fraction of sp³-hybridized carbons (Fsp3) is 0.500. The summed E-state index contributed by atoms with van der Waals surface area (Å²) in [5.74, 6) is -0.00788.